The van der Waals surface area contributed by atoms with Crippen LogP contribution in [-0.2, 0) is 34.0 Å². The molecule has 0 radical (unpaired) electrons. The van der Waals surface area contributed by atoms with E-state index in [0.717, 1.165) is 11.8 Å². The Labute approximate surface area is 198 Å². The van der Waals surface area contributed by atoms with Gasteiger partial charge in [-0.25, -0.2) is 18.4 Å². The van der Waals surface area contributed by atoms with Gasteiger partial charge < -0.3 is 16.0 Å². The average Bonchev–Trinajstić information content (AvgIpc) is 3.10. The molecule has 35 heavy (non-hydrogen) atoms. The van der Waals surface area contributed by atoms with E-state index in [0.29, 0.717) is 28.8 Å². The van der Waals surface area contributed by atoms with Gasteiger partial charge in [-0.05, 0) is 36.8 Å². The van der Waals surface area contributed by atoms with E-state index in [4.69, 9.17) is 0 Å². The Morgan fingerprint density at radius 1 is 1.11 bits per heavy atom. The van der Waals surface area contributed by atoms with Gasteiger partial charge in [0.15, 0.2) is 0 Å². The first-order valence-electron chi connectivity index (χ1n) is 10.2. The molecule has 0 unspecified atom stereocenters. The lowest BCUT2D eigenvalue weighted by Crippen LogP contribution is -2.17. The first kappa shape index (κ1) is 24.2. The lowest BCUT2D eigenvalue weighted by molar-refractivity contribution is -0.137. The number of aromatic nitrogens is 3. The van der Waals surface area contributed by atoms with Gasteiger partial charge in [-0.3, -0.25) is 9.52 Å². The van der Waals surface area contributed by atoms with Crippen molar-refractivity contribution in [1.29, 1.82) is 0 Å². The predicted molar refractivity (Wildman–Crippen MR) is 124 cm³/mol. The van der Waals surface area contributed by atoms with Gasteiger partial charge >= 0.3 is 6.18 Å². The summed E-state index contributed by atoms with van der Waals surface area (Å²) in [6.07, 6.45) is -2.94. The van der Waals surface area contributed by atoms with Gasteiger partial charge in [0.1, 0.15) is 17.2 Å². The van der Waals surface area contributed by atoms with Crippen molar-refractivity contribution in [1.82, 2.24) is 15.0 Å². The fourth-order valence-electron chi connectivity index (χ4n) is 3.39. The van der Waals surface area contributed by atoms with Crippen LogP contribution >= 0.6 is 0 Å². The van der Waals surface area contributed by atoms with Crippen molar-refractivity contribution in [3.05, 3.63) is 58.9 Å². The molecular formula is C21H20F3N7O3S. The van der Waals surface area contributed by atoms with Crippen molar-refractivity contribution in [2.24, 2.45) is 0 Å². The molecule has 10 nitrogen and oxygen atoms in total. The minimum absolute atomic E-state index is 0.00209. The molecule has 3 heterocycles. The zero-order valence-electron chi connectivity index (χ0n) is 18.5. The number of carbonyl (C=O) groups excluding carboxylic acids is 1. The van der Waals surface area contributed by atoms with Gasteiger partial charge in [-0.2, -0.15) is 18.2 Å². The van der Waals surface area contributed by atoms with Gasteiger partial charge in [0.05, 0.1) is 12.7 Å². The molecule has 0 spiro atoms. The SMILES string of the molecule is Cc1ccc(CNc2nc(Nc3ccc4c(c3)CC(=O)N4)ncc2C(F)(F)F)c(NS(C)(=O)=O)n1. The zero-order valence-corrected chi connectivity index (χ0v) is 19.3. The number of alkyl halides is 3. The van der Waals surface area contributed by atoms with Gasteiger partial charge in [-0.15, -0.1) is 0 Å². The topological polar surface area (TPSA) is 138 Å². The Morgan fingerprint density at radius 3 is 2.60 bits per heavy atom. The summed E-state index contributed by atoms with van der Waals surface area (Å²) in [6, 6.07) is 8.15. The van der Waals surface area contributed by atoms with Crippen molar-refractivity contribution in [3.63, 3.8) is 0 Å². The highest BCUT2D eigenvalue weighted by Crippen LogP contribution is 2.35. The van der Waals surface area contributed by atoms with Crippen molar-refractivity contribution in [2.75, 3.05) is 26.9 Å². The van der Waals surface area contributed by atoms with Crippen LogP contribution in [0.3, 0.4) is 0 Å². The van der Waals surface area contributed by atoms with E-state index in [1.54, 1.807) is 37.3 Å². The van der Waals surface area contributed by atoms with Crippen LogP contribution in [0.25, 0.3) is 0 Å². The van der Waals surface area contributed by atoms with Crippen LogP contribution in [0, 0.1) is 6.92 Å². The van der Waals surface area contributed by atoms with E-state index in [1.165, 1.54) is 0 Å². The highest BCUT2D eigenvalue weighted by molar-refractivity contribution is 7.92. The summed E-state index contributed by atoms with van der Waals surface area (Å²) in [6.45, 7) is 1.46. The fourth-order valence-corrected chi connectivity index (χ4v) is 3.92. The second-order valence-electron chi connectivity index (χ2n) is 7.86. The van der Waals surface area contributed by atoms with Crippen LogP contribution in [0.5, 0.6) is 0 Å². The van der Waals surface area contributed by atoms with E-state index < -0.39 is 27.6 Å². The molecule has 1 aliphatic heterocycles. The summed E-state index contributed by atoms with van der Waals surface area (Å²) in [4.78, 5) is 23.4. The molecule has 1 amide bonds. The van der Waals surface area contributed by atoms with E-state index >= 15 is 0 Å². The van der Waals surface area contributed by atoms with Crippen LogP contribution in [-0.4, -0.2) is 35.5 Å². The molecule has 1 aliphatic rings. The molecule has 184 valence electrons. The van der Waals surface area contributed by atoms with E-state index in [2.05, 4.69) is 35.6 Å². The minimum Gasteiger partial charge on any atom is -0.365 e. The number of hydrogen-bond donors (Lipinski definition) is 4. The third-order valence-corrected chi connectivity index (χ3v) is 5.49. The molecule has 0 bridgehead atoms. The monoisotopic (exact) mass is 507 g/mol. The number of aryl methyl sites for hydroxylation is 1. The van der Waals surface area contributed by atoms with Crippen LogP contribution in [0.4, 0.5) is 42.1 Å². The lowest BCUT2D eigenvalue weighted by Gasteiger charge is -2.16. The highest BCUT2D eigenvalue weighted by Gasteiger charge is 2.35. The zero-order chi connectivity index (χ0) is 25.4. The lowest BCUT2D eigenvalue weighted by atomic mass is 10.1. The smallest absolute Gasteiger partial charge is 0.365 e. The number of sulfonamides is 1. The summed E-state index contributed by atoms with van der Waals surface area (Å²) < 4.78 is 66.4. The molecule has 4 rings (SSSR count). The first-order chi connectivity index (χ1) is 16.4. The molecule has 0 fully saturated rings. The predicted octanol–water partition coefficient (Wildman–Crippen LogP) is 3.42. The van der Waals surface area contributed by atoms with Crippen LogP contribution in [0.1, 0.15) is 22.4 Å². The van der Waals surface area contributed by atoms with E-state index in [9.17, 15) is 26.4 Å². The summed E-state index contributed by atoms with van der Waals surface area (Å²) in [5.74, 6) is -0.750. The number of amides is 1. The Bertz CT molecular complexity index is 1410. The Kier molecular flexibility index (Phi) is 6.23. The number of nitrogens with zero attached hydrogens (tertiary/aromatic N) is 3. The molecular weight excluding hydrogens is 487 g/mol. The molecule has 0 aliphatic carbocycles. The molecule has 0 atom stereocenters. The number of fused-ring (bicyclic) bond motifs is 1. The van der Waals surface area contributed by atoms with Gasteiger partial charge in [0.2, 0.25) is 21.9 Å². The van der Waals surface area contributed by atoms with Gasteiger partial charge in [0.25, 0.3) is 0 Å². The molecule has 3 aromatic rings. The molecule has 2 aromatic heterocycles. The summed E-state index contributed by atoms with van der Waals surface area (Å²) in [5.41, 5.74) is 1.65. The van der Waals surface area contributed by atoms with Crippen LogP contribution in [0.15, 0.2) is 36.5 Å². The van der Waals surface area contributed by atoms with E-state index in [-0.39, 0.29) is 30.6 Å². The molecule has 0 saturated carbocycles. The number of halogens is 3. The second kappa shape index (κ2) is 9.02. The quantitative estimate of drug-likeness (QED) is 0.382. The summed E-state index contributed by atoms with van der Waals surface area (Å²) >= 11 is 0. The van der Waals surface area contributed by atoms with Gasteiger partial charge in [0, 0.05) is 35.4 Å². The van der Waals surface area contributed by atoms with Crippen molar-refractivity contribution in [3.8, 4) is 0 Å². The number of nitrogens with one attached hydrogen (secondary N) is 4. The minimum atomic E-state index is -4.74. The largest absolute Gasteiger partial charge is 0.421 e. The number of carbonyl (C=O) groups is 1. The molecule has 0 saturated heterocycles. The molecule has 14 heteroatoms. The van der Waals surface area contributed by atoms with Crippen LogP contribution < -0.4 is 20.7 Å². The highest BCUT2D eigenvalue weighted by atomic mass is 32.2. The Hall–Kier alpha value is -3.94. The standard InChI is InChI=1S/C21H20F3N7O3S/c1-11-3-4-12(18(27-11)31-35(2,33)34)9-25-19-15(21(22,23)24)10-26-20(30-19)28-14-5-6-16-13(7-14)8-17(32)29-16/h3-7,10H,8-9H2,1-2H3,(H,27,31)(H,29,32)(H2,25,26,28,30). The van der Waals surface area contributed by atoms with Crippen LogP contribution in [0.2, 0.25) is 0 Å². The Morgan fingerprint density at radius 2 is 1.89 bits per heavy atom. The summed E-state index contributed by atoms with van der Waals surface area (Å²) in [7, 11) is -3.66. The Balaban J connectivity index is 1.60. The maximum absolute atomic E-state index is 13.6. The normalized spacial score (nSPS) is 13.2. The average molecular weight is 507 g/mol. The molecule has 1 aromatic carbocycles. The maximum atomic E-state index is 13.6. The first-order valence-corrected chi connectivity index (χ1v) is 12.1. The number of anilines is 5. The molecule has 4 N–H and O–H groups in total. The van der Waals surface area contributed by atoms with Crippen molar-refractivity contribution >= 4 is 44.9 Å². The fraction of sp³-hybridized carbons (Fsp3) is 0.238. The van der Waals surface area contributed by atoms with Crippen molar-refractivity contribution in [2.45, 2.75) is 26.1 Å². The number of rotatable bonds is 7. The number of pyridine rings is 1. The third-order valence-electron chi connectivity index (χ3n) is 4.93. The summed E-state index contributed by atoms with van der Waals surface area (Å²) in [5, 5.41) is 8.15. The maximum Gasteiger partial charge on any atom is 0.421 e. The van der Waals surface area contributed by atoms with E-state index in [1.807, 2.05) is 0 Å². The number of benzene rings is 1. The second-order valence-corrected chi connectivity index (χ2v) is 9.61. The number of hydrogen-bond acceptors (Lipinski definition) is 8. The van der Waals surface area contributed by atoms with Gasteiger partial charge in [-0.1, -0.05) is 6.07 Å². The third kappa shape index (κ3) is 5.95. The van der Waals surface area contributed by atoms with Crippen molar-refractivity contribution < 1.29 is 26.4 Å².